The standard InChI is InChI=1S/C10H18N4O/c1-13-7-9(6-12-13)10(11)8-14-2-4-15-5-3-14/h6-7,10H,2-5,8,11H2,1H3. The SMILES string of the molecule is Cn1cc(C(N)CN2CCOCC2)cn1. The van der Waals surface area contributed by atoms with Gasteiger partial charge in [0.1, 0.15) is 0 Å². The van der Waals surface area contributed by atoms with Gasteiger partial charge in [-0.05, 0) is 0 Å². The van der Waals surface area contributed by atoms with E-state index in [2.05, 4.69) is 10.00 Å². The predicted molar refractivity (Wildman–Crippen MR) is 57.4 cm³/mol. The van der Waals surface area contributed by atoms with Gasteiger partial charge in [0, 0.05) is 44.5 Å². The highest BCUT2D eigenvalue weighted by atomic mass is 16.5. The zero-order valence-electron chi connectivity index (χ0n) is 9.09. The first-order chi connectivity index (χ1) is 7.25. The summed E-state index contributed by atoms with van der Waals surface area (Å²) in [6, 6.07) is 0.0526. The molecule has 0 spiro atoms. The highest BCUT2D eigenvalue weighted by Crippen LogP contribution is 2.11. The fourth-order valence-electron chi connectivity index (χ4n) is 1.80. The molecule has 1 atom stereocenters. The van der Waals surface area contributed by atoms with Crippen molar-refractivity contribution in [2.24, 2.45) is 12.8 Å². The molecule has 1 aliphatic heterocycles. The van der Waals surface area contributed by atoms with Gasteiger partial charge in [0.15, 0.2) is 0 Å². The van der Waals surface area contributed by atoms with Crippen molar-refractivity contribution in [1.29, 1.82) is 0 Å². The van der Waals surface area contributed by atoms with E-state index >= 15 is 0 Å². The fourth-order valence-corrected chi connectivity index (χ4v) is 1.80. The lowest BCUT2D eigenvalue weighted by molar-refractivity contribution is 0.0352. The van der Waals surface area contributed by atoms with Crippen molar-refractivity contribution >= 4 is 0 Å². The van der Waals surface area contributed by atoms with Crippen LogP contribution in [-0.2, 0) is 11.8 Å². The van der Waals surface area contributed by atoms with Crippen molar-refractivity contribution < 1.29 is 4.74 Å². The summed E-state index contributed by atoms with van der Waals surface area (Å²) in [4.78, 5) is 2.33. The van der Waals surface area contributed by atoms with Gasteiger partial charge in [-0.1, -0.05) is 0 Å². The molecule has 2 heterocycles. The number of nitrogens with two attached hydrogens (primary N) is 1. The van der Waals surface area contributed by atoms with Crippen LogP contribution in [0, 0.1) is 0 Å². The number of ether oxygens (including phenoxy) is 1. The zero-order chi connectivity index (χ0) is 10.7. The molecule has 0 radical (unpaired) electrons. The fraction of sp³-hybridized carbons (Fsp3) is 0.700. The van der Waals surface area contributed by atoms with Crippen LogP contribution in [0.1, 0.15) is 11.6 Å². The van der Waals surface area contributed by atoms with Crippen molar-refractivity contribution in [3.8, 4) is 0 Å². The van der Waals surface area contributed by atoms with Crippen LogP contribution < -0.4 is 5.73 Å². The van der Waals surface area contributed by atoms with Crippen LogP contribution in [0.4, 0.5) is 0 Å². The molecule has 0 aromatic carbocycles. The molecular weight excluding hydrogens is 192 g/mol. The maximum absolute atomic E-state index is 6.10. The molecule has 1 aromatic rings. The summed E-state index contributed by atoms with van der Waals surface area (Å²) in [6.45, 7) is 4.48. The van der Waals surface area contributed by atoms with Crippen molar-refractivity contribution in [2.75, 3.05) is 32.8 Å². The summed E-state index contributed by atoms with van der Waals surface area (Å²) in [5, 5.41) is 4.12. The van der Waals surface area contributed by atoms with Crippen molar-refractivity contribution in [3.05, 3.63) is 18.0 Å². The minimum atomic E-state index is 0.0526. The first kappa shape index (κ1) is 10.6. The number of hydrogen-bond acceptors (Lipinski definition) is 4. The Kier molecular flexibility index (Phi) is 3.35. The van der Waals surface area contributed by atoms with E-state index in [0.29, 0.717) is 0 Å². The maximum Gasteiger partial charge on any atom is 0.0594 e. The molecule has 15 heavy (non-hydrogen) atoms. The predicted octanol–water partition coefficient (Wildman–Crippen LogP) is -0.248. The molecule has 84 valence electrons. The van der Waals surface area contributed by atoms with Gasteiger partial charge in [-0.3, -0.25) is 9.58 Å². The molecule has 0 amide bonds. The third kappa shape index (κ3) is 2.77. The number of aromatic nitrogens is 2. The molecule has 5 heteroatoms. The number of aryl methyl sites for hydroxylation is 1. The minimum absolute atomic E-state index is 0.0526. The Balaban J connectivity index is 1.88. The molecule has 2 N–H and O–H groups in total. The zero-order valence-corrected chi connectivity index (χ0v) is 9.09. The van der Waals surface area contributed by atoms with E-state index in [9.17, 15) is 0 Å². The van der Waals surface area contributed by atoms with Crippen molar-refractivity contribution in [2.45, 2.75) is 6.04 Å². The lowest BCUT2D eigenvalue weighted by Crippen LogP contribution is -2.40. The summed E-state index contributed by atoms with van der Waals surface area (Å²) in [5.74, 6) is 0. The second-order valence-electron chi connectivity index (χ2n) is 3.97. The van der Waals surface area contributed by atoms with E-state index in [0.717, 1.165) is 38.4 Å². The van der Waals surface area contributed by atoms with Gasteiger partial charge >= 0.3 is 0 Å². The lowest BCUT2D eigenvalue weighted by Gasteiger charge is -2.28. The Bertz CT molecular complexity index is 306. The Morgan fingerprint density at radius 2 is 2.27 bits per heavy atom. The molecule has 0 aliphatic carbocycles. The number of nitrogens with zero attached hydrogens (tertiary/aromatic N) is 3. The summed E-state index contributed by atoms with van der Waals surface area (Å²) < 4.78 is 7.08. The van der Waals surface area contributed by atoms with E-state index in [1.165, 1.54) is 0 Å². The molecule has 0 bridgehead atoms. The monoisotopic (exact) mass is 210 g/mol. The highest BCUT2D eigenvalue weighted by Gasteiger charge is 2.15. The molecule has 1 saturated heterocycles. The molecular formula is C10H18N4O. The van der Waals surface area contributed by atoms with Gasteiger partial charge in [0.2, 0.25) is 0 Å². The number of morpholine rings is 1. The third-order valence-corrected chi connectivity index (χ3v) is 2.71. The van der Waals surface area contributed by atoms with E-state index < -0.39 is 0 Å². The lowest BCUT2D eigenvalue weighted by atomic mass is 10.1. The van der Waals surface area contributed by atoms with Crippen LogP contribution in [0.5, 0.6) is 0 Å². The maximum atomic E-state index is 6.10. The van der Waals surface area contributed by atoms with Crippen LogP contribution >= 0.6 is 0 Å². The summed E-state index contributed by atoms with van der Waals surface area (Å²) >= 11 is 0. The van der Waals surface area contributed by atoms with E-state index in [4.69, 9.17) is 10.5 Å². The van der Waals surface area contributed by atoms with E-state index in [1.54, 1.807) is 4.68 Å². The van der Waals surface area contributed by atoms with Crippen molar-refractivity contribution in [1.82, 2.24) is 14.7 Å². The van der Waals surface area contributed by atoms with Crippen LogP contribution in [0.15, 0.2) is 12.4 Å². The van der Waals surface area contributed by atoms with Gasteiger partial charge < -0.3 is 10.5 Å². The first-order valence-corrected chi connectivity index (χ1v) is 5.30. The summed E-state index contributed by atoms with van der Waals surface area (Å²) in [6.07, 6.45) is 3.82. The average Bonchev–Trinajstić information content (AvgIpc) is 2.66. The average molecular weight is 210 g/mol. The van der Waals surface area contributed by atoms with Crippen molar-refractivity contribution in [3.63, 3.8) is 0 Å². The van der Waals surface area contributed by atoms with Gasteiger partial charge in [0.25, 0.3) is 0 Å². The normalized spacial score (nSPS) is 20.4. The summed E-state index contributed by atoms with van der Waals surface area (Å²) in [7, 11) is 1.91. The second kappa shape index (κ2) is 4.74. The minimum Gasteiger partial charge on any atom is -0.379 e. The first-order valence-electron chi connectivity index (χ1n) is 5.30. The highest BCUT2D eigenvalue weighted by molar-refractivity contribution is 5.09. The molecule has 1 unspecified atom stereocenters. The second-order valence-corrected chi connectivity index (χ2v) is 3.97. The molecule has 1 fully saturated rings. The van der Waals surface area contributed by atoms with Gasteiger partial charge in [-0.2, -0.15) is 5.10 Å². The van der Waals surface area contributed by atoms with Crippen LogP contribution in [0.3, 0.4) is 0 Å². The van der Waals surface area contributed by atoms with Gasteiger partial charge in [0.05, 0.1) is 19.4 Å². The largest absolute Gasteiger partial charge is 0.379 e. The topological polar surface area (TPSA) is 56.3 Å². The Morgan fingerprint density at radius 1 is 1.53 bits per heavy atom. The molecule has 2 rings (SSSR count). The Hall–Kier alpha value is -0.910. The molecule has 0 saturated carbocycles. The smallest absolute Gasteiger partial charge is 0.0594 e. The Labute approximate surface area is 89.8 Å². The van der Waals surface area contributed by atoms with E-state index in [1.807, 2.05) is 19.4 Å². The number of hydrogen-bond donors (Lipinski definition) is 1. The summed E-state index contributed by atoms with van der Waals surface area (Å²) in [5.41, 5.74) is 7.20. The van der Waals surface area contributed by atoms with Crippen LogP contribution in [-0.4, -0.2) is 47.5 Å². The third-order valence-electron chi connectivity index (χ3n) is 2.71. The molecule has 1 aromatic heterocycles. The Morgan fingerprint density at radius 3 is 2.87 bits per heavy atom. The number of rotatable bonds is 3. The van der Waals surface area contributed by atoms with E-state index in [-0.39, 0.29) is 6.04 Å². The van der Waals surface area contributed by atoms with Gasteiger partial charge in [-0.25, -0.2) is 0 Å². The molecule has 1 aliphatic rings. The quantitative estimate of drug-likeness (QED) is 0.747. The van der Waals surface area contributed by atoms with Crippen LogP contribution in [0.2, 0.25) is 0 Å². The molecule has 5 nitrogen and oxygen atoms in total. The van der Waals surface area contributed by atoms with Crippen LogP contribution in [0.25, 0.3) is 0 Å². The van der Waals surface area contributed by atoms with Gasteiger partial charge in [-0.15, -0.1) is 0 Å².